The van der Waals surface area contributed by atoms with Crippen LogP contribution >= 0.6 is 0 Å². The maximum Gasteiger partial charge on any atom is 0.116 e. The van der Waals surface area contributed by atoms with E-state index in [1.807, 2.05) is 6.20 Å². The van der Waals surface area contributed by atoms with Crippen LogP contribution in [0.25, 0.3) is 10.9 Å². The quantitative estimate of drug-likeness (QED) is 0.461. The molecule has 33 heavy (non-hydrogen) atoms. The van der Waals surface area contributed by atoms with Gasteiger partial charge in [-0.05, 0) is 117 Å². The number of ether oxygens (including phenoxy) is 1. The second-order valence-corrected chi connectivity index (χ2v) is 12.3. The molecule has 0 spiro atoms. The highest BCUT2D eigenvalue weighted by Gasteiger charge is 2.58. The number of nitrogens with zero attached hydrogens (tertiary/aromatic N) is 2. The van der Waals surface area contributed by atoms with Crippen LogP contribution in [0.4, 0.5) is 0 Å². The fourth-order valence-corrected chi connectivity index (χ4v) is 8.90. The fraction of sp³-hybridized carbons (Fsp3) is 0.667. The molecular formula is C30H40N2O. The van der Waals surface area contributed by atoms with E-state index >= 15 is 0 Å². The van der Waals surface area contributed by atoms with E-state index in [1.165, 1.54) is 62.3 Å². The Morgan fingerprint density at radius 1 is 1.03 bits per heavy atom. The minimum absolute atomic E-state index is 0.337. The molecule has 0 bridgehead atoms. The van der Waals surface area contributed by atoms with E-state index in [-0.39, 0.29) is 0 Å². The van der Waals surface area contributed by atoms with Crippen molar-refractivity contribution in [2.75, 3.05) is 0 Å². The van der Waals surface area contributed by atoms with Crippen LogP contribution in [-0.4, -0.2) is 22.2 Å². The zero-order chi connectivity index (χ0) is 22.8. The van der Waals surface area contributed by atoms with Crippen LogP contribution < -0.4 is 0 Å². The Kier molecular flexibility index (Phi) is 5.21. The molecule has 1 heterocycles. The predicted octanol–water partition coefficient (Wildman–Crippen LogP) is 7.47. The highest BCUT2D eigenvalue weighted by molar-refractivity contribution is 5.78. The molecule has 3 saturated carbocycles. The lowest BCUT2D eigenvalue weighted by molar-refractivity contribution is -0.0610. The van der Waals surface area contributed by atoms with Crippen LogP contribution in [0.15, 0.2) is 42.4 Å². The van der Waals surface area contributed by atoms with Gasteiger partial charge >= 0.3 is 0 Å². The molecule has 2 aromatic rings. The van der Waals surface area contributed by atoms with Gasteiger partial charge in [-0.1, -0.05) is 31.6 Å². The van der Waals surface area contributed by atoms with Gasteiger partial charge < -0.3 is 4.74 Å². The number of benzene rings is 1. The van der Waals surface area contributed by atoms with Crippen LogP contribution in [0.1, 0.15) is 90.5 Å². The van der Waals surface area contributed by atoms with E-state index in [2.05, 4.69) is 61.9 Å². The molecule has 7 atom stereocenters. The maximum atomic E-state index is 6.25. The monoisotopic (exact) mass is 444 g/mol. The number of hydrogen-bond acceptors (Lipinski definition) is 3. The SMILES string of the molecule is CC(C)O[C@H]1CC[C@@]2(C)C(=CC[C@H]3[C@@H]4CC[C@H](c5ccc6ncncc6c5)[C@@]4(C)CC[C@@H]32)C1. The van der Waals surface area contributed by atoms with Crippen molar-refractivity contribution < 1.29 is 4.74 Å². The van der Waals surface area contributed by atoms with Crippen molar-refractivity contribution in [3.63, 3.8) is 0 Å². The van der Waals surface area contributed by atoms with Crippen molar-refractivity contribution in [3.05, 3.63) is 47.9 Å². The molecule has 1 aromatic heterocycles. The molecule has 4 aliphatic carbocycles. The molecular weight excluding hydrogens is 404 g/mol. The molecule has 0 amide bonds. The highest BCUT2D eigenvalue weighted by Crippen LogP contribution is 2.68. The second-order valence-electron chi connectivity index (χ2n) is 12.3. The summed E-state index contributed by atoms with van der Waals surface area (Å²) < 4.78 is 6.25. The summed E-state index contributed by atoms with van der Waals surface area (Å²) in [6.07, 6.45) is 17.6. The summed E-state index contributed by atoms with van der Waals surface area (Å²) >= 11 is 0. The van der Waals surface area contributed by atoms with Gasteiger partial charge in [-0.15, -0.1) is 0 Å². The predicted molar refractivity (Wildman–Crippen MR) is 134 cm³/mol. The first kappa shape index (κ1) is 21.8. The van der Waals surface area contributed by atoms with E-state index in [0.29, 0.717) is 29.0 Å². The Hall–Kier alpha value is -1.74. The van der Waals surface area contributed by atoms with Gasteiger partial charge in [0.2, 0.25) is 0 Å². The number of fused-ring (bicyclic) bond motifs is 6. The Morgan fingerprint density at radius 2 is 1.91 bits per heavy atom. The standard InChI is InChI=1S/C30H40N2O/c1-19(2)33-23-11-13-29(3)22(16-23)6-7-24-26-9-8-25(30(26,4)14-12-27(24)29)20-5-10-28-21(15-20)17-31-18-32-28/h5-6,10,15,17-19,23-27H,7-9,11-14,16H2,1-4H3/t23-,24-,25+,26-,27-,29-,30+/m0/s1. The minimum Gasteiger partial charge on any atom is -0.375 e. The molecule has 4 aliphatic rings. The summed E-state index contributed by atoms with van der Waals surface area (Å²) in [5, 5.41) is 1.19. The Bertz CT molecular complexity index is 1080. The topological polar surface area (TPSA) is 35.0 Å². The summed E-state index contributed by atoms with van der Waals surface area (Å²) in [7, 11) is 0. The van der Waals surface area contributed by atoms with Crippen molar-refractivity contribution in [2.24, 2.45) is 28.6 Å². The third-order valence-electron chi connectivity index (χ3n) is 10.5. The van der Waals surface area contributed by atoms with Crippen molar-refractivity contribution >= 4 is 10.9 Å². The zero-order valence-corrected chi connectivity index (χ0v) is 20.9. The van der Waals surface area contributed by atoms with Gasteiger partial charge in [0.1, 0.15) is 6.33 Å². The minimum atomic E-state index is 0.337. The van der Waals surface area contributed by atoms with Crippen LogP contribution in [0.2, 0.25) is 0 Å². The van der Waals surface area contributed by atoms with Gasteiger partial charge in [-0.3, -0.25) is 0 Å². The molecule has 0 unspecified atom stereocenters. The summed E-state index contributed by atoms with van der Waals surface area (Å²) in [5.74, 6) is 3.23. The smallest absolute Gasteiger partial charge is 0.116 e. The van der Waals surface area contributed by atoms with E-state index in [0.717, 1.165) is 23.3 Å². The molecule has 0 N–H and O–H groups in total. The maximum absolute atomic E-state index is 6.25. The number of rotatable bonds is 3. The van der Waals surface area contributed by atoms with Gasteiger partial charge in [0.15, 0.2) is 0 Å². The van der Waals surface area contributed by atoms with E-state index in [4.69, 9.17) is 4.74 Å². The lowest BCUT2D eigenvalue weighted by Crippen LogP contribution is -2.50. The molecule has 0 aliphatic heterocycles. The van der Waals surface area contributed by atoms with E-state index in [9.17, 15) is 0 Å². The van der Waals surface area contributed by atoms with E-state index in [1.54, 1.807) is 11.9 Å². The lowest BCUT2D eigenvalue weighted by Gasteiger charge is -2.58. The molecule has 3 heteroatoms. The number of hydrogen-bond donors (Lipinski definition) is 0. The van der Waals surface area contributed by atoms with Gasteiger partial charge in [-0.2, -0.15) is 0 Å². The normalized spacial score (nSPS) is 40.3. The molecule has 0 radical (unpaired) electrons. The van der Waals surface area contributed by atoms with E-state index < -0.39 is 0 Å². The van der Waals surface area contributed by atoms with Gasteiger partial charge in [0, 0.05) is 11.6 Å². The summed E-state index contributed by atoms with van der Waals surface area (Å²) in [4.78, 5) is 8.72. The average Bonchev–Trinajstić information content (AvgIpc) is 3.16. The summed E-state index contributed by atoms with van der Waals surface area (Å²) in [5.41, 5.74) is 5.13. The lowest BCUT2D eigenvalue weighted by atomic mass is 9.47. The molecule has 6 rings (SSSR count). The van der Waals surface area contributed by atoms with Crippen LogP contribution in [0.3, 0.4) is 0 Å². The summed E-state index contributed by atoms with van der Waals surface area (Å²) in [6.45, 7) is 9.60. The van der Waals surface area contributed by atoms with Crippen molar-refractivity contribution in [1.82, 2.24) is 9.97 Å². The van der Waals surface area contributed by atoms with Crippen molar-refractivity contribution in [3.8, 4) is 0 Å². The first-order chi connectivity index (χ1) is 15.9. The summed E-state index contributed by atoms with van der Waals surface area (Å²) in [6, 6.07) is 6.95. The fourth-order valence-electron chi connectivity index (χ4n) is 8.90. The Labute approximate surface area is 199 Å². The van der Waals surface area contributed by atoms with Gasteiger partial charge in [0.05, 0.1) is 17.7 Å². The molecule has 176 valence electrons. The highest BCUT2D eigenvalue weighted by atomic mass is 16.5. The third kappa shape index (κ3) is 3.40. The molecule has 0 saturated heterocycles. The van der Waals surface area contributed by atoms with Crippen LogP contribution in [-0.2, 0) is 4.74 Å². The van der Waals surface area contributed by atoms with Crippen LogP contribution in [0, 0.1) is 28.6 Å². The largest absolute Gasteiger partial charge is 0.375 e. The van der Waals surface area contributed by atoms with Crippen molar-refractivity contribution in [2.45, 2.75) is 97.2 Å². The number of allylic oxidation sites excluding steroid dienone is 1. The van der Waals surface area contributed by atoms with Crippen molar-refractivity contribution in [1.29, 1.82) is 0 Å². The average molecular weight is 445 g/mol. The first-order valence-electron chi connectivity index (χ1n) is 13.4. The van der Waals surface area contributed by atoms with Gasteiger partial charge in [-0.25, -0.2) is 9.97 Å². The zero-order valence-electron chi connectivity index (χ0n) is 20.9. The number of aromatic nitrogens is 2. The second kappa shape index (κ2) is 7.90. The Balaban J connectivity index is 1.27. The van der Waals surface area contributed by atoms with Gasteiger partial charge in [0.25, 0.3) is 0 Å². The van der Waals surface area contributed by atoms with Crippen LogP contribution in [0.5, 0.6) is 0 Å². The first-order valence-corrected chi connectivity index (χ1v) is 13.4. The third-order valence-corrected chi connectivity index (χ3v) is 10.5. The molecule has 3 nitrogen and oxygen atoms in total. The Morgan fingerprint density at radius 3 is 2.76 bits per heavy atom. The molecule has 1 aromatic carbocycles. The molecule has 3 fully saturated rings.